The maximum atomic E-state index is 12.6. The zero-order chi connectivity index (χ0) is 22.5. The molecule has 5 N–H and O–H groups in total. The van der Waals surface area contributed by atoms with Gasteiger partial charge in [-0.15, -0.1) is 0 Å². The SMILES string of the molecule is Cc1cccc(Cl)c1NC(=O)c1cnc(Nc2cc(NCCC3CCCN3N)ncn2)s1. The maximum Gasteiger partial charge on any atom is 0.267 e. The molecule has 4 rings (SSSR count). The number of rotatable bonds is 8. The van der Waals surface area contributed by atoms with Crippen LogP contribution < -0.4 is 21.8 Å². The molecule has 32 heavy (non-hydrogen) atoms. The molecular formula is C21H25ClN8OS. The van der Waals surface area contributed by atoms with Gasteiger partial charge in [-0.3, -0.25) is 10.6 Å². The average molecular weight is 473 g/mol. The van der Waals surface area contributed by atoms with Crippen molar-refractivity contribution in [3.05, 3.63) is 52.3 Å². The Morgan fingerprint density at radius 1 is 1.31 bits per heavy atom. The summed E-state index contributed by atoms with van der Waals surface area (Å²) >= 11 is 7.43. The van der Waals surface area contributed by atoms with Crippen molar-refractivity contribution in [1.82, 2.24) is 20.0 Å². The van der Waals surface area contributed by atoms with E-state index in [1.54, 1.807) is 6.07 Å². The van der Waals surface area contributed by atoms with Crippen LogP contribution in [0.5, 0.6) is 0 Å². The van der Waals surface area contributed by atoms with Gasteiger partial charge in [0.05, 0.1) is 16.9 Å². The summed E-state index contributed by atoms with van der Waals surface area (Å²) in [5.41, 5.74) is 1.49. The lowest BCUT2D eigenvalue weighted by Gasteiger charge is -2.19. The number of anilines is 4. The van der Waals surface area contributed by atoms with Gasteiger partial charge >= 0.3 is 0 Å². The van der Waals surface area contributed by atoms with Crippen LogP contribution >= 0.6 is 22.9 Å². The first-order valence-electron chi connectivity index (χ1n) is 10.4. The standard InChI is InChI=1S/C21H25ClN8OS/c1-13-4-2-6-15(22)19(13)29-20(31)16-11-25-21(32-16)28-18-10-17(26-12-27-18)24-8-7-14-5-3-9-30(14)23/h2,4,6,10-12,14H,3,5,7-9,23H2,1H3,(H,29,31)(H2,24,25,26,27,28). The average Bonchev–Trinajstić information content (AvgIpc) is 3.40. The van der Waals surface area contributed by atoms with Crippen LogP contribution in [0.3, 0.4) is 0 Å². The molecule has 3 aromatic rings. The lowest BCUT2D eigenvalue weighted by atomic mass is 10.1. The van der Waals surface area contributed by atoms with E-state index in [0.717, 1.165) is 37.9 Å². The highest BCUT2D eigenvalue weighted by atomic mass is 35.5. The molecule has 2 aromatic heterocycles. The number of aryl methyl sites for hydroxylation is 1. The fraction of sp³-hybridized carbons (Fsp3) is 0.333. The van der Waals surface area contributed by atoms with E-state index in [1.165, 1.54) is 23.9 Å². The van der Waals surface area contributed by atoms with Crippen molar-refractivity contribution in [2.45, 2.75) is 32.2 Å². The molecule has 1 unspecified atom stereocenters. The van der Waals surface area contributed by atoms with Gasteiger partial charge in [-0.1, -0.05) is 35.1 Å². The molecule has 1 atom stereocenters. The number of hydrogen-bond donors (Lipinski definition) is 4. The Hall–Kier alpha value is -2.79. The molecule has 0 saturated carbocycles. The summed E-state index contributed by atoms with van der Waals surface area (Å²) in [6.07, 6.45) is 6.24. The number of carbonyl (C=O) groups excluding carboxylic acids is 1. The second-order valence-corrected chi connectivity index (χ2v) is 9.02. The first-order valence-corrected chi connectivity index (χ1v) is 11.6. The largest absolute Gasteiger partial charge is 0.370 e. The molecule has 9 nitrogen and oxygen atoms in total. The zero-order valence-electron chi connectivity index (χ0n) is 17.6. The Kier molecular flexibility index (Phi) is 7.15. The molecule has 1 aromatic carbocycles. The van der Waals surface area contributed by atoms with Crippen molar-refractivity contribution < 1.29 is 4.79 Å². The number of halogens is 1. The van der Waals surface area contributed by atoms with Gasteiger partial charge in [0.2, 0.25) is 0 Å². The number of hydrazine groups is 1. The normalized spacial score (nSPS) is 16.2. The molecular weight excluding hydrogens is 448 g/mol. The van der Waals surface area contributed by atoms with Crippen molar-refractivity contribution in [3.63, 3.8) is 0 Å². The predicted octanol–water partition coefficient (Wildman–Crippen LogP) is 4.03. The van der Waals surface area contributed by atoms with Crippen molar-refractivity contribution in [3.8, 4) is 0 Å². The first kappa shape index (κ1) is 22.4. The Bertz CT molecular complexity index is 1070. The van der Waals surface area contributed by atoms with E-state index in [9.17, 15) is 4.79 Å². The molecule has 1 saturated heterocycles. The predicted molar refractivity (Wildman–Crippen MR) is 129 cm³/mol. The minimum Gasteiger partial charge on any atom is -0.370 e. The number of nitrogens with zero attached hydrogens (tertiary/aromatic N) is 4. The van der Waals surface area contributed by atoms with Gasteiger partial charge in [0, 0.05) is 25.2 Å². The molecule has 0 spiro atoms. The number of nitrogens with two attached hydrogens (primary N) is 1. The minimum atomic E-state index is -0.266. The topological polar surface area (TPSA) is 121 Å². The quantitative estimate of drug-likeness (QED) is 0.362. The third-order valence-electron chi connectivity index (χ3n) is 5.30. The van der Waals surface area contributed by atoms with Crippen LogP contribution in [0.2, 0.25) is 5.02 Å². The first-order chi connectivity index (χ1) is 15.5. The fourth-order valence-electron chi connectivity index (χ4n) is 3.57. The number of para-hydroxylation sites is 1. The van der Waals surface area contributed by atoms with Crippen molar-refractivity contribution >= 4 is 51.3 Å². The molecule has 0 aliphatic carbocycles. The highest BCUT2D eigenvalue weighted by Crippen LogP contribution is 2.28. The summed E-state index contributed by atoms with van der Waals surface area (Å²) in [6, 6.07) is 7.69. The number of thiazole rings is 1. The van der Waals surface area contributed by atoms with Crippen LogP contribution in [0, 0.1) is 6.92 Å². The second-order valence-electron chi connectivity index (χ2n) is 7.58. The zero-order valence-corrected chi connectivity index (χ0v) is 19.2. The summed E-state index contributed by atoms with van der Waals surface area (Å²) in [6.45, 7) is 3.62. The van der Waals surface area contributed by atoms with Gasteiger partial charge in [0.1, 0.15) is 22.8 Å². The summed E-state index contributed by atoms with van der Waals surface area (Å²) < 4.78 is 0. The van der Waals surface area contributed by atoms with E-state index in [4.69, 9.17) is 17.4 Å². The lowest BCUT2D eigenvalue weighted by Crippen LogP contribution is -2.36. The summed E-state index contributed by atoms with van der Waals surface area (Å²) in [4.78, 5) is 25.9. The Balaban J connectivity index is 1.34. The third-order valence-corrected chi connectivity index (χ3v) is 6.52. The molecule has 1 amide bonds. The number of carbonyl (C=O) groups is 1. The van der Waals surface area contributed by atoms with Crippen LogP contribution in [-0.4, -0.2) is 45.0 Å². The maximum absolute atomic E-state index is 12.6. The molecule has 1 aliphatic rings. The van der Waals surface area contributed by atoms with E-state index in [-0.39, 0.29) is 5.91 Å². The summed E-state index contributed by atoms with van der Waals surface area (Å²) in [5, 5.41) is 12.3. The fourth-order valence-corrected chi connectivity index (χ4v) is 4.56. The number of hydrogen-bond acceptors (Lipinski definition) is 9. The smallest absolute Gasteiger partial charge is 0.267 e. The third kappa shape index (κ3) is 5.52. The van der Waals surface area contributed by atoms with Crippen molar-refractivity contribution in [1.29, 1.82) is 0 Å². The number of benzene rings is 1. The molecule has 1 aliphatic heterocycles. The van der Waals surface area contributed by atoms with Gasteiger partial charge in [0.25, 0.3) is 5.91 Å². The van der Waals surface area contributed by atoms with Crippen LogP contribution in [0.15, 0.2) is 36.8 Å². The van der Waals surface area contributed by atoms with Crippen molar-refractivity contribution in [2.24, 2.45) is 5.84 Å². The molecule has 3 heterocycles. The Morgan fingerprint density at radius 3 is 2.94 bits per heavy atom. The molecule has 0 bridgehead atoms. The Morgan fingerprint density at radius 2 is 2.16 bits per heavy atom. The van der Waals surface area contributed by atoms with E-state index in [0.29, 0.717) is 38.4 Å². The number of nitrogens with one attached hydrogen (secondary N) is 3. The van der Waals surface area contributed by atoms with E-state index in [2.05, 4.69) is 30.9 Å². The van der Waals surface area contributed by atoms with Crippen LogP contribution in [-0.2, 0) is 0 Å². The number of aromatic nitrogens is 3. The van der Waals surface area contributed by atoms with Gasteiger partial charge in [0.15, 0.2) is 5.13 Å². The molecule has 11 heteroatoms. The molecule has 168 valence electrons. The van der Waals surface area contributed by atoms with Gasteiger partial charge in [-0.25, -0.2) is 20.0 Å². The van der Waals surface area contributed by atoms with Crippen LogP contribution in [0.4, 0.5) is 22.5 Å². The summed E-state index contributed by atoms with van der Waals surface area (Å²) in [7, 11) is 0. The van der Waals surface area contributed by atoms with Crippen molar-refractivity contribution in [2.75, 3.05) is 29.0 Å². The van der Waals surface area contributed by atoms with E-state index in [1.807, 2.05) is 30.1 Å². The van der Waals surface area contributed by atoms with Gasteiger partial charge in [-0.2, -0.15) is 0 Å². The van der Waals surface area contributed by atoms with Crippen LogP contribution in [0.1, 0.15) is 34.5 Å². The van der Waals surface area contributed by atoms with Crippen LogP contribution in [0.25, 0.3) is 0 Å². The second kappa shape index (κ2) is 10.2. The molecule has 1 fully saturated rings. The monoisotopic (exact) mass is 472 g/mol. The highest BCUT2D eigenvalue weighted by molar-refractivity contribution is 7.17. The van der Waals surface area contributed by atoms with Gasteiger partial charge in [-0.05, 0) is 37.8 Å². The highest BCUT2D eigenvalue weighted by Gasteiger charge is 2.20. The van der Waals surface area contributed by atoms with E-state index >= 15 is 0 Å². The lowest BCUT2D eigenvalue weighted by molar-refractivity contribution is 0.103. The number of amides is 1. The van der Waals surface area contributed by atoms with Gasteiger partial charge < -0.3 is 16.0 Å². The van der Waals surface area contributed by atoms with E-state index < -0.39 is 0 Å². The Labute approximate surface area is 195 Å². The minimum absolute atomic E-state index is 0.266. The summed E-state index contributed by atoms with van der Waals surface area (Å²) in [5.74, 6) is 7.02. The molecule has 0 radical (unpaired) electrons.